The maximum atomic E-state index is 12.7. The minimum Gasteiger partial charge on any atom is -0.384 e. The molecule has 0 bridgehead atoms. The quantitative estimate of drug-likeness (QED) is 0.845. The molecule has 2 fully saturated rings. The fourth-order valence-electron chi connectivity index (χ4n) is 3.23. The fourth-order valence-corrected chi connectivity index (χ4v) is 3.23. The summed E-state index contributed by atoms with van der Waals surface area (Å²) in [4.78, 5) is 25.3. The van der Waals surface area contributed by atoms with Gasteiger partial charge in [-0.05, 0) is 12.0 Å². The third kappa shape index (κ3) is 3.36. The summed E-state index contributed by atoms with van der Waals surface area (Å²) < 4.78 is 5.32. The van der Waals surface area contributed by atoms with Crippen LogP contribution in [0.25, 0.3) is 0 Å². The maximum absolute atomic E-state index is 12.7. The van der Waals surface area contributed by atoms with Crippen LogP contribution in [0, 0.1) is 11.8 Å². The van der Waals surface area contributed by atoms with Crippen LogP contribution in [0.3, 0.4) is 0 Å². The first kappa shape index (κ1) is 15.2. The Morgan fingerprint density at radius 3 is 2.91 bits per heavy atom. The van der Waals surface area contributed by atoms with Crippen molar-refractivity contribution < 1.29 is 9.53 Å². The molecule has 0 radical (unpaired) electrons. The van der Waals surface area contributed by atoms with Crippen LogP contribution < -0.4 is 5.73 Å². The Labute approximate surface area is 130 Å². The highest BCUT2D eigenvalue weighted by Crippen LogP contribution is 2.26. The van der Waals surface area contributed by atoms with Crippen molar-refractivity contribution in [3.63, 3.8) is 0 Å². The van der Waals surface area contributed by atoms with Crippen LogP contribution in [0.15, 0.2) is 12.3 Å². The lowest BCUT2D eigenvalue weighted by atomic mass is 9.96. The molecule has 1 aromatic heterocycles. The number of likely N-dealkylation sites (tertiary alicyclic amines) is 1. The molecule has 2 aliphatic heterocycles. The summed E-state index contributed by atoms with van der Waals surface area (Å²) in [7, 11) is 0. The normalized spacial score (nSPS) is 26.3. The lowest BCUT2D eigenvalue weighted by Crippen LogP contribution is -2.45. The van der Waals surface area contributed by atoms with Crippen molar-refractivity contribution in [2.24, 2.45) is 11.8 Å². The molecule has 1 amide bonds. The van der Waals surface area contributed by atoms with Crippen LogP contribution in [0.1, 0.15) is 12.7 Å². The van der Waals surface area contributed by atoms with E-state index in [1.807, 2.05) is 4.90 Å². The van der Waals surface area contributed by atoms with Gasteiger partial charge in [0.15, 0.2) is 0 Å². The van der Waals surface area contributed by atoms with E-state index in [0.29, 0.717) is 50.4 Å². The number of nitrogens with zero attached hydrogens (tertiary/aromatic N) is 4. The van der Waals surface area contributed by atoms with E-state index in [9.17, 15) is 4.79 Å². The Balaban J connectivity index is 1.60. The van der Waals surface area contributed by atoms with Gasteiger partial charge in [-0.3, -0.25) is 9.69 Å². The molecule has 2 aliphatic rings. The van der Waals surface area contributed by atoms with Gasteiger partial charge in [0, 0.05) is 32.4 Å². The molecule has 7 heteroatoms. The second-order valence-electron chi connectivity index (χ2n) is 6.11. The summed E-state index contributed by atoms with van der Waals surface area (Å²) >= 11 is 0. The molecule has 22 heavy (non-hydrogen) atoms. The van der Waals surface area contributed by atoms with Crippen molar-refractivity contribution in [1.82, 2.24) is 19.8 Å². The molecule has 0 aliphatic carbocycles. The van der Waals surface area contributed by atoms with Gasteiger partial charge in [0.1, 0.15) is 11.6 Å². The third-order valence-electron chi connectivity index (χ3n) is 4.42. The number of carbonyl (C=O) groups excluding carboxylic acids is 1. The minimum atomic E-state index is 0.0548. The maximum Gasteiger partial charge on any atom is 0.227 e. The van der Waals surface area contributed by atoms with E-state index in [4.69, 9.17) is 10.5 Å². The standard InChI is InChI=1S/C15H23N5O2/c1-11-8-19(10-14-17-3-2-13(16)18-14)9-12(11)15(21)20-4-6-22-7-5-20/h2-3,11-12H,4-10H2,1H3,(H2,16,17,18)/t11-,12-/m1/s1. The second-order valence-corrected chi connectivity index (χ2v) is 6.11. The van der Waals surface area contributed by atoms with Crippen molar-refractivity contribution in [2.75, 3.05) is 45.1 Å². The number of amides is 1. The Morgan fingerprint density at radius 2 is 2.18 bits per heavy atom. The molecule has 2 N–H and O–H groups in total. The number of nitrogen functional groups attached to an aromatic ring is 1. The Kier molecular flexibility index (Phi) is 4.54. The average Bonchev–Trinajstić information content (AvgIpc) is 2.88. The van der Waals surface area contributed by atoms with Crippen molar-refractivity contribution in [3.05, 3.63) is 18.1 Å². The summed E-state index contributed by atoms with van der Waals surface area (Å²) in [5.74, 6) is 1.85. The van der Waals surface area contributed by atoms with Crippen LogP contribution in [-0.4, -0.2) is 65.1 Å². The van der Waals surface area contributed by atoms with Gasteiger partial charge in [-0.25, -0.2) is 9.97 Å². The van der Waals surface area contributed by atoms with Crippen molar-refractivity contribution in [2.45, 2.75) is 13.5 Å². The molecule has 0 saturated carbocycles. The molecule has 0 aromatic carbocycles. The molecule has 0 unspecified atom stereocenters. The number of hydrogen-bond donors (Lipinski definition) is 1. The summed E-state index contributed by atoms with van der Waals surface area (Å²) in [6.45, 7) is 7.14. The van der Waals surface area contributed by atoms with Crippen LogP contribution in [0.4, 0.5) is 5.82 Å². The molecule has 3 rings (SSSR count). The molecular weight excluding hydrogens is 282 g/mol. The Hall–Kier alpha value is -1.73. The first-order chi connectivity index (χ1) is 10.6. The van der Waals surface area contributed by atoms with Gasteiger partial charge in [0.05, 0.1) is 25.7 Å². The predicted molar refractivity (Wildman–Crippen MR) is 81.8 cm³/mol. The van der Waals surface area contributed by atoms with E-state index >= 15 is 0 Å². The Bertz CT molecular complexity index is 532. The molecule has 3 heterocycles. The fraction of sp³-hybridized carbons (Fsp3) is 0.667. The monoisotopic (exact) mass is 305 g/mol. The number of aromatic nitrogens is 2. The van der Waals surface area contributed by atoms with Gasteiger partial charge in [0.2, 0.25) is 5.91 Å². The lowest BCUT2D eigenvalue weighted by Gasteiger charge is -2.30. The van der Waals surface area contributed by atoms with E-state index < -0.39 is 0 Å². The van der Waals surface area contributed by atoms with E-state index in [1.165, 1.54) is 0 Å². The smallest absolute Gasteiger partial charge is 0.227 e. The zero-order chi connectivity index (χ0) is 15.5. The molecular formula is C15H23N5O2. The van der Waals surface area contributed by atoms with E-state index in [0.717, 1.165) is 13.1 Å². The van der Waals surface area contributed by atoms with Gasteiger partial charge in [-0.15, -0.1) is 0 Å². The number of ether oxygens (including phenoxy) is 1. The van der Waals surface area contributed by atoms with Gasteiger partial charge in [-0.2, -0.15) is 0 Å². The lowest BCUT2D eigenvalue weighted by molar-refractivity contribution is -0.140. The topological polar surface area (TPSA) is 84.6 Å². The second kappa shape index (κ2) is 6.58. The van der Waals surface area contributed by atoms with E-state index in [1.54, 1.807) is 12.3 Å². The van der Waals surface area contributed by atoms with Crippen molar-refractivity contribution in [1.29, 1.82) is 0 Å². The van der Waals surface area contributed by atoms with Crippen LogP contribution in [0.2, 0.25) is 0 Å². The number of hydrogen-bond acceptors (Lipinski definition) is 6. The largest absolute Gasteiger partial charge is 0.384 e. The highest BCUT2D eigenvalue weighted by molar-refractivity contribution is 5.79. The molecule has 2 atom stereocenters. The predicted octanol–water partition coefficient (Wildman–Crippen LogP) is -0.0145. The van der Waals surface area contributed by atoms with Gasteiger partial charge < -0.3 is 15.4 Å². The van der Waals surface area contributed by atoms with Gasteiger partial charge in [-0.1, -0.05) is 6.92 Å². The van der Waals surface area contributed by atoms with Gasteiger partial charge in [0.25, 0.3) is 0 Å². The molecule has 1 aromatic rings. The highest BCUT2D eigenvalue weighted by atomic mass is 16.5. The average molecular weight is 305 g/mol. The zero-order valence-corrected chi connectivity index (χ0v) is 12.9. The number of nitrogens with two attached hydrogens (primary N) is 1. The number of carbonyl (C=O) groups is 1. The first-order valence-corrected chi connectivity index (χ1v) is 7.80. The summed E-state index contributed by atoms with van der Waals surface area (Å²) in [5, 5.41) is 0. The molecule has 2 saturated heterocycles. The minimum absolute atomic E-state index is 0.0548. The van der Waals surface area contributed by atoms with E-state index in [-0.39, 0.29) is 11.8 Å². The summed E-state index contributed by atoms with van der Waals surface area (Å²) in [5.41, 5.74) is 5.69. The van der Waals surface area contributed by atoms with Crippen molar-refractivity contribution >= 4 is 11.7 Å². The number of anilines is 1. The van der Waals surface area contributed by atoms with Crippen molar-refractivity contribution in [3.8, 4) is 0 Å². The van der Waals surface area contributed by atoms with Crippen LogP contribution >= 0.6 is 0 Å². The Morgan fingerprint density at radius 1 is 1.41 bits per heavy atom. The molecule has 120 valence electrons. The highest BCUT2D eigenvalue weighted by Gasteiger charge is 2.37. The first-order valence-electron chi connectivity index (χ1n) is 7.80. The van der Waals surface area contributed by atoms with E-state index in [2.05, 4.69) is 21.8 Å². The summed E-state index contributed by atoms with van der Waals surface area (Å²) in [6, 6.07) is 1.68. The van der Waals surface area contributed by atoms with Crippen LogP contribution in [-0.2, 0) is 16.1 Å². The SMILES string of the molecule is C[C@@H]1CN(Cc2nccc(N)n2)C[C@H]1C(=O)N1CCOCC1. The number of rotatable bonds is 3. The molecule has 0 spiro atoms. The summed E-state index contributed by atoms with van der Waals surface area (Å²) in [6.07, 6.45) is 1.67. The van der Waals surface area contributed by atoms with Crippen LogP contribution in [0.5, 0.6) is 0 Å². The third-order valence-corrected chi connectivity index (χ3v) is 4.42. The van der Waals surface area contributed by atoms with Gasteiger partial charge >= 0.3 is 0 Å². The molecule has 7 nitrogen and oxygen atoms in total. The number of morpholine rings is 1. The zero-order valence-electron chi connectivity index (χ0n) is 12.9.